The number of ether oxygens (including phenoxy) is 1. The van der Waals surface area contributed by atoms with Crippen LogP contribution >= 0.6 is 0 Å². The third-order valence-corrected chi connectivity index (χ3v) is 12.9. The minimum atomic E-state index is -2.97. The van der Waals surface area contributed by atoms with E-state index in [2.05, 4.69) is 49.9 Å². The Hall–Kier alpha value is -4.19. The summed E-state index contributed by atoms with van der Waals surface area (Å²) >= 11 is -1.51. The number of likely N-dealkylation sites (N-methyl/N-ethyl adjacent to an activating group) is 1. The van der Waals surface area contributed by atoms with Gasteiger partial charge >= 0.3 is 0 Å². The van der Waals surface area contributed by atoms with Crippen LogP contribution in [-0.4, -0.2) is 109 Å². The summed E-state index contributed by atoms with van der Waals surface area (Å²) in [6, 6.07) is 13.7. The van der Waals surface area contributed by atoms with Gasteiger partial charge in [-0.05, 0) is 81.6 Å². The fourth-order valence-corrected chi connectivity index (χ4v) is 8.65. The highest BCUT2D eigenvalue weighted by molar-refractivity contribution is 7.91. The maximum Gasteiger partial charge on any atom is 0.261 e. The van der Waals surface area contributed by atoms with Crippen LogP contribution in [0.5, 0.6) is 5.75 Å². The number of fused-ring (bicyclic) bond motifs is 1. The molecule has 3 heterocycles. The topological polar surface area (TPSA) is 173 Å². The van der Waals surface area contributed by atoms with E-state index in [1.54, 1.807) is 4.68 Å². The van der Waals surface area contributed by atoms with Gasteiger partial charge in [-0.15, -0.1) is 10.2 Å². The van der Waals surface area contributed by atoms with Gasteiger partial charge in [-0.2, -0.15) is 9.78 Å². The molecule has 2 unspecified atom stereocenters. The molecule has 15 nitrogen and oxygen atoms in total. The highest BCUT2D eigenvalue weighted by atomic mass is 32.2. The molecule has 3 aromatic rings. The summed E-state index contributed by atoms with van der Waals surface area (Å²) in [5.41, 5.74) is 5.13. The molecule has 2 aliphatic heterocycles. The number of carbonyl (C=O) groups excluding carboxylic acids is 1. The lowest BCUT2D eigenvalue weighted by molar-refractivity contribution is -0.128. The third-order valence-electron chi connectivity index (χ3n) is 10.5. The molecule has 17 heteroatoms. The van der Waals surface area contributed by atoms with E-state index in [-0.39, 0.29) is 17.4 Å². The number of nitrogens with one attached hydrogen (secondary N) is 2. The summed E-state index contributed by atoms with van der Waals surface area (Å²) in [6.45, 7) is 11.4. The van der Waals surface area contributed by atoms with Crippen molar-refractivity contribution < 1.29 is 26.3 Å². The first-order chi connectivity index (χ1) is 28.0. The number of aromatic nitrogens is 3. The van der Waals surface area contributed by atoms with E-state index in [4.69, 9.17) is 19.0 Å². The van der Waals surface area contributed by atoms with Gasteiger partial charge in [0.2, 0.25) is 17.1 Å². The summed E-state index contributed by atoms with van der Waals surface area (Å²) in [7, 11) is -1.57. The Kier molecular flexibility index (Phi) is 17.2. The highest BCUT2D eigenvalue weighted by Gasteiger charge is 2.27. The average molecular weight is 840 g/mol. The number of anilines is 2. The summed E-state index contributed by atoms with van der Waals surface area (Å²) in [4.78, 5) is 22.8. The lowest BCUT2D eigenvalue weighted by Gasteiger charge is -2.29. The molecule has 58 heavy (non-hydrogen) atoms. The van der Waals surface area contributed by atoms with Crippen LogP contribution < -0.4 is 24.6 Å². The number of sulfone groups is 1. The number of amides is 1. The standard InChI is InChI=1S/C41H61N9O6S2/c1-6-8-9-10-11-12-13-14-15-37(56-35-19-16-33(17-20-35)49-26-28-58(53,54)29-27-49)41(51)42-23-22-38-45-46-40-39(32(4)47-50(38)40)44-36-21-18-34(30-31(36)3)48(7-2)25-24-43-57(52)55-5/h16-21,30,37,43H,6-15,22-29H2,1-5H3,(H,42,51). The molecule has 2 atom stereocenters. The van der Waals surface area contributed by atoms with Crippen molar-refractivity contribution in [2.45, 2.75) is 98.0 Å². The molecule has 318 valence electrons. The Bertz CT molecular complexity index is 1990. The minimum Gasteiger partial charge on any atom is -0.481 e. The van der Waals surface area contributed by atoms with Crippen molar-refractivity contribution >= 4 is 55.5 Å². The second kappa shape index (κ2) is 22.3. The number of carbonyl (C=O) groups is 1. The highest BCUT2D eigenvalue weighted by Crippen LogP contribution is 2.27. The average Bonchev–Trinajstić information content (AvgIpc) is 3.75. The Balaban J connectivity index is 1.18. The van der Waals surface area contributed by atoms with Gasteiger partial charge in [0.1, 0.15) is 11.5 Å². The van der Waals surface area contributed by atoms with E-state index in [1.165, 1.54) is 39.2 Å². The normalized spacial score (nSPS) is 16.5. The second-order valence-corrected chi connectivity index (χ2v) is 18.2. The lowest BCUT2D eigenvalue weighted by Crippen LogP contribution is -2.40. The quantitative estimate of drug-likeness (QED) is 0.110. The van der Waals surface area contributed by atoms with Gasteiger partial charge < -0.3 is 19.9 Å². The molecule has 0 spiro atoms. The van der Waals surface area contributed by atoms with E-state index in [0.717, 1.165) is 54.1 Å². The molecule has 0 saturated carbocycles. The van der Waals surface area contributed by atoms with E-state index >= 15 is 0 Å². The first-order valence-corrected chi connectivity index (χ1v) is 23.6. The lowest BCUT2D eigenvalue weighted by atomic mass is 10.1. The van der Waals surface area contributed by atoms with Crippen LogP contribution in [0.4, 0.5) is 17.1 Å². The Labute approximate surface area is 346 Å². The predicted molar refractivity (Wildman–Crippen MR) is 233 cm³/mol. The van der Waals surface area contributed by atoms with Crippen LogP contribution in [0.1, 0.15) is 95.8 Å². The second-order valence-electron chi connectivity index (χ2n) is 14.8. The molecule has 0 bridgehead atoms. The van der Waals surface area contributed by atoms with Gasteiger partial charge in [-0.25, -0.2) is 22.3 Å². The van der Waals surface area contributed by atoms with Gasteiger partial charge in [0.05, 0.1) is 30.0 Å². The largest absolute Gasteiger partial charge is 0.481 e. The van der Waals surface area contributed by atoms with Crippen molar-refractivity contribution in [3.8, 4) is 5.75 Å². The summed E-state index contributed by atoms with van der Waals surface area (Å²) in [5.74, 6) is 1.90. The van der Waals surface area contributed by atoms with Gasteiger partial charge in [0.25, 0.3) is 5.91 Å². The number of unbranched alkanes of at least 4 members (excludes halogenated alkanes) is 7. The number of benzene rings is 2. The van der Waals surface area contributed by atoms with Crippen LogP contribution in [0.25, 0.3) is 0 Å². The summed E-state index contributed by atoms with van der Waals surface area (Å²) in [6.07, 6.45) is 9.66. The summed E-state index contributed by atoms with van der Waals surface area (Å²) in [5, 5.41) is 16.6. The van der Waals surface area contributed by atoms with Gasteiger partial charge in [-0.3, -0.25) is 8.98 Å². The van der Waals surface area contributed by atoms with E-state index in [9.17, 15) is 17.4 Å². The van der Waals surface area contributed by atoms with E-state index in [1.807, 2.05) is 50.2 Å². The Morgan fingerprint density at radius 2 is 1.67 bits per heavy atom. The molecule has 2 N–H and O–H groups in total. The number of rotatable bonds is 24. The van der Waals surface area contributed by atoms with Crippen molar-refractivity contribution in [2.24, 2.45) is 10.1 Å². The van der Waals surface area contributed by atoms with Crippen LogP contribution in [0.15, 0.2) is 52.6 Å². The molecule has 0 radical (unpaired) electrons. The van der Waals surface area contributed by atoms with Crippen molar-refractivity contribution in [1.82, 2.24) is 24.9 Å². The van der Waals surface area contributed by atoms with Crippen molar-refractivity contribution in [3.63, 3.8) is 0 Å². The van der Waals surface area contributed by atoms with E-state index < -0.39 is 27.2 Å². The molecule has 1 aromatic heterocycles. The molecule has 1 fully saturated rings. The third kappa shape index (κ3) is 12.9. The first kappa shape index (κ1) is 44.9. The van der Waals surface area contributed by atoms with Gasteiger partial charge in [0, 0.05) is 57.1 Å². The maximum absolute atomic E-state index is 13.6. The number of nitrogens with zero attached hydrogens (tertiary/aromatic N) is 7. The van der Waals surface area contributed by atoms with Crippen LogP contribution in [0.3, 0.4) is 0 Å². The Morgan fingerprint density at radius 3 is 2.34 bits per heavy atom. The number of hydrogen-bond donors (Lipinski definition) is 2. The molecule has 1 saturated heterocycles. The SMILES string of the molecule is CCCCCCCCCCC(Oc1ccc(N2CCS(=O)(=O)CC2)cc1)C(=O)NCCc1nnc2n1N=C(C)C2=Nc1ccc(N(CC)CCNS(=O)OC)cc1C. The van der Waals surface area contributed by atoms with Crippen LogP contribution in [-0.2, 0) is 36.5 Å². The maximum atomic E-state index is 13.6. The zero-order valence-corrected chi connectivity index (χ0v) is 36.4. The smallest absolute Gasteiger partial charge is 0.261 e. The zero-order valence-electron chi connectivity index (χ0n) is 34.7. The Morgan fingerprint density at radius 1 is 0.966 bits per heavy atom. The number of hydrogen-bond acceptors (Lipinski definition) is 12. The predicted octanol–water partition coefficient (Wildman–Crippen LogP) is 5.46. The monoisotopic (exact) mass is 839 g/mol. The molecular weight excluding hydrogens is 779 g/mol. The fourth-order valence-electron chi connectivity index (χ4n) is 7.07. The molecule has 0 aliphatic carbocycles. The molecular formula is C41H61N9O6S2. The van der Waals surface area contributed by atoms with Crippen molar-refractivity contribution in [3.05, 3.63) is 59.7 Å². The van der Waals surface area contributed by atoms with Crippen molar-refractivity contribution in [1.29, 1.82) is 0 Å². The van der Waals surface area contributed by atoms with Crippen molar-refractivity contribution in [2.75, 3.05) is 67.7 Å². The van der Waals surface area contributed by atoms with Crippen LogP contribution in [0, 0.1) is 6.92 Å². The minimum absolute atomic E-state index is 0.152. The molecule has 2 aliphatic rings. The van der Waals surface area contributed by atoms with Gasteiger partial charge in [-0.1, -0.05) is 51.9 Å². The number of aliphatic imine (C=N–C) groups is 1. The molecule has 1 amide bonds. The zero-order chi connectivity index (χ0) is 41.5. The van der Waals surface area contributed by atoms with E-state index in [0.29, 0.717) is 68.7 Å². The molecule has 2 aromatic carbocycles. The van der Waals surface area contributed by atoms with Gasteiger partial charge in [0.15, 0.2) is 21.8 Å². The first-order valence-electron chi connectivity index (χ1n) is 20.7. The molecule has 5 rings (SSSR count). The van der Waals surface area contributed by atoms with Crippen LogP contribution in [0.2, 0.25) is 0 Å². The fraction of sp³-hybridized carbons (Fsp3) is 0.585. The number of aryl methyl sites for hydroxylation is 1. The summed E-state index contributed by atoms with van der Waals surface area (Å²) < 4.78 is 51.0.